The lowest BCUT2D eigenvalue weighted by Gasteiger charge is -2.41. The van der Waals surface area contributed by atoms with Gasteiger partial charge in [-0.1, -0.05) is 0 Å². The third-order valence-corrected chi connectivity index (χ3v) is 9.86. The van der Waals surface area contributed by atoms with Gasteiger partial charge in [0.2, 0.25) is 11.8 Å². The van der Waals surface area contributed by atoms with E-state index in [1.165, 1.54) is 87.9 Å². The second kappa shape index (κ2) is 12.3. The van der Waals surface area contributed by atoms with Crippen LogP contribution in [0, 0.1) is 0 Å². The van der Waals surface area contributed by atoms with E-state index in [1.807, 2.05) is 0 Å². The molecule has 0 spiro atoms. The van der Waals surface area contributed by atoms with Gasteiger partial charge in [0.15, 0.2) is 5.54 Å². The van der Waals surface area contributed by atoms with Crippen LogP contribution in [0.1, 0.15) is 17.5 Å². The highest BCUT2D eigenvalue weighted by molar-refractivity contribution is 7.93. The molecule has 0 saturated carbocycles. The number of benzene rings is 2. The van der Waals surface area contributed by atoms with Crippen LogP contribution in [-0.4, -0.2) is 113 Å². The molecule has 0 radical (unpaired) electrons. The van der Waals surface area contributed by atoms with Gasteiger partial charge in [0, 0.05) is 38.5 Å². The molecule has 2 aromatic carbocycles. The number of β-amino-alcohol motifs (C(OH)–C–C–N with tert-alkyl or cyclic N) is 1. The van der Waals surface area contributed by atoms with Gasteiger partial charge < -0.3 is 33.7 Å². The molecule has 1 aromatic heterocycles. The maximum Gasteiger partial charge on any atom is 0.319 e. The van der Waals surface area contributed by atoms with E-state index in [2.05, 4.69) is 9.97 Å². The monoisotopic (exact) mass is 657 g/mol. The van der Waals surface area contributed by atoms with Crippen molar-refractivity contribution in [1.82, 2.24) is 19.8 Å². The van der Waals surface area contributed by atoms with Crippen LogP contribution in [0.3, 0.4) is 0 Å². The minimum Gasteiger partial charge on any atom is -0.497 e. The van der Waals surface area contributed by atoms with Crippen LogP contribution in [0.2, 0.25) is 0 Å². The number of likely N-dealkylation sites (tertiary alicyclic amines) is 1. The summed E-state index contributed by atoms with van der Waals surface area (Å²) in [7, 11) is 5.19. The molecular formula is C30H35N5O10S. The van der Waals surface area contributed by atoms with Gasteiger partial charge in [-0.2, -0.15) is 4.98 Å². The lowest BCUT2D eigenvalue weighted by atomic mass is 9.82. The highest BCUT2D eigenvalue weighted by atomic mass is 32.2. The van der Waals surface area contributed by atoms with Crippen LogP contribution in [0.15, 0.2) is 47.5 Å². The molecule has 2 amide bonds. The fourth-order valence-corrected chi connectivity index (χ4v) is 7.67. The number of aliphatic hydroxyl groups is 1. The fraction of sp³-hybridized carbons (Fsp3) is 0.400. The summed E-state index contributed by atoms with van der Waals surface area (Å²) in [6, 6.07) is 7.41. The molecule has 3 heterocycles. The molecule has 3 atom stereocenters. The standard InChI is InChI=1S/C30H35N5O10S/c1-33(2)27(37)23-12-17(36)16-34(23)30(21-15-31-29(45-7)32-26(21)44-6)20-13-18(41-3)8-10-22(20)35(28(30)38)46(39,40)25-11-9-19(42-4)14-24(25)43-5/h8-11,13-15,17,23,36H,12,16H2,1-7H3/t17-,23+,30?/m1/s1. The third-order valence-electron chi connectivity index (χ3n) is 8.13. The highest BCUT2D eigenvalue weighted by Gasteiger charge is 2.64. The first kappa shape index (κ1) is 32.7. The number of hydrogen-bond donors (Lipinski definition) is 1. The number of fused-ring (bicyclic) bond motifs is 1. The Hall–Kier alpha value is -4.67. The van der Waals surface area contributed by atoms with E-state index in [-0.39, 0.29) is 52.3 Å². The van der Waals surface area contributed by atoms with Crippen molar-refractivity contribution in [1.29, 1.82) is 0 Å². The molecule has 2 aliphatic rings. The highest BCUT2D eigenvalue weighted by Crippen LogP contribution is 2.55. The van der Waals surface area contributed by atoms with Crippen molar-refractivity contribution in [2.45, 2.75) is 29.0 Å². The number of anilines is 1. The average molecular weight is 658 g/mol. The summed E-state index contributed by atoms with van der Waals surface area (Å²) < 4.78 is 57.0. The number of carbonyl (C=O) groups is 2. The topological polar surface area (TPSA) is 170 Å². The van der Waals surface area contributed by atoms with Crippen LogP contribution in [0.4, 0.5) is 5.69 Å². The molecule has 0 bridgehead atoms. The Kier molecular flexibility index (Phi) is 8.72. The number of amides is 2. The van der Waals surface area contributed by atoms with Crippen molar-refractivity contribution >= 4 is 27.5 Å². The summed E-state index contributed by atoms with van der Waals surface area (Å²) in [5.74, 6) is -0.971. The minimum absolute atomic E-state index is 0.0142. The zero-order valence-corrected chi connectivity index (χ0v) is 27.2. The summed E-state index contributed by atoms with van der Waals surface area (Å²) in [5.41, 5.74) is -2.01. The van der Waals surface area contributed by atoms with Crippen LogP contribution in [-0.2, 0) is 25.2 Å². The number of nitrogens with zero attached hydrogens (tertiary/aromatic N) is 5. The van der Waals surface area contributed by atoms with Crippen molar-refractivity contribution in [3.8, 4) is 29.1 Å². The maximum atomic E-state index is 15.3. The van der Waals surface area contributed by atoms with Crippen LogP contribution in [0.25, 0.3) is 0 Å². The molecule has 0 aliphatic carbocycles. The van der Waals surface area contributed by atoms with Crippen molar-refractivity contribution < 1.29 is 46.8 Å². The van der Waals surface area contributed by atoms with Crippen molar-refractivity contribution in [3.63, 3.8) is 0 Å². The average Bonchev–Trinajstić information content (AvgIpc) is 3.57. The van der Waals surface area contributed by atoms with E-state index in [4.69, 9.17) is 23.7 Å². The summed E-state index contributed by atoms with van der Waals surface area (Å²) in [6.07, 6.45) is 0.201. The normalized spacial score (nSPS) is 21.1. The van der Waals surface area contributed by atoms with Gasteiger partial charge in [-0.15, -0.1) is 0 Å². The van der Waals surface area contributed by atoms with Gasteiger partial charge in [-0.25, -0.2) is 17.7 Å². The largest absolute Gasteiger partial charge is 0.497 e. The molecule has 15 nitrogen and oxygen atoms in total. The number of carbonyl (C=O) groups excluding carboxylic acids is 2. The smallest absolute Gasteiger partial charge is 0.319 e. The van der Waals surface area contributed by atoms with Crippen LogP contribution in [0.5, 0.6) is 29.1 Å². The van der Waals surface area contributed by atoms with Crippen molar-refractivity contribution in [3.05, 3.63) is 53.7 Å². The quantitative estimate of drug-likeness (QED) is 0.328. The van der Waals surface area contributed by atoms with E-state index in [0.717, 1.165) is 0 Å². The molecule has 1 unspecified atom stereocenters. The Morgan fingerprint density at radius 3 is 2.24 bits per heavy atom. The maximum absolute atomic E-state index is 15.3. The van der Waals surface area contributed by atoms with Gasteiger partial charge in [0.05, 0.1) is 58.9 Å². The number of ether oxygens (including phenoxy) is 5. The first-order valence-electron chi connectivity index (χ1n) is 14.0. The van der Waals surface area contributed by atoms with Gasteiger partial charge >= 0.3 is 6.01 Å². The van der Waals surface area contributed by atoms with Crippen LogP contribution < -0.4 is 28.0 Å². The Morgan fingerprint density at radius 2 is 1.63 bits per heavy atom. The number of aromatic nitrogens is 2. The predicted octanol–water partition coefficient (Wildman–Crippen LogP) is 1.02. The zero-order valence-electron chi connectivity index (χ0n) is 26.4. The molecule has 2 aliphatic heterocycles. The molecule has 5 rings (SSSR count). The summed E-state index contributed by atoms with van der Waals surface area (Å²) in [4.78, 5) is 40.1. The van der Waals surface area contributed by atoms with E-state index in [9.17, 15) is 18.3 Å². The van der Waals surface area contributed by atoms with E-state index in [0.29, 0.717) is 15.8 Å². The predicted molar refractivity (Wildman–Crippen MR) is 163 cm³/mol. The molecule has 1 N–H and O–H groups in total. The second-order valence-electron chi connectivity index (χ2n) is 10.8. The first-order chi connectivity index (χ1) is 21.9. The molecule has 246 valence electrons. The summed E-state index contributed by atoms with van der Waals surface area (Å²) >= 11 is 0. The lowest BCUT2D eigenvalue weighted by Crippen LogP contribution is -2.59. The zero-order chi connectivity index (χ0) is 33.6. The Morgan fingerprint density at radius 1 is 0.957 bits per heavy atom. The van der Waals surface area contributed by atoms with Gasteiger partial charge in [-0.3, -0.25) is 14.5 Å². The molecule has 3 aromatic rings. The molecule has 46 heavy (non-hydrogen) atoms. The number of rotatable bonds is 10. The number of sulfonamides is 1. The van der Waals surface area contributed by atoms with Crippen LogP contribution >= 0.6 is 0 Å². The number of hydrogen-bond acceptors (Lipinski definition) is 13. The van der Waals surface area contributed by atoms with Crippen molar-refractivity contribution in [2.75, 3.05) is 60.5 Å². The molecule has 1 fully saturated rings. The second-order valence-corrected chi connectivity index (χ2v) is 12.5. The molecule has 16 heteroatoms. The minimum atomic E-state index is -4.73. The van der Waals surface area contributed by atoms with E-state index in [1.54, 1.807) is 14.1 Å². The van der Waals surface area contributed by atoms with Crippen molar-refractivity contribution in [2.24, 2.45) is 0 Å². The number of likely N-dealkylation sites (N-methyl/N-ethyl adjacent to an activating group) is 1. The Balaban J connectivity index is 1.89. The molecular weight excluding hydrogens is 622 g/mol. The molecule has 1 saturated heterocycles. The van der Waals surface area contributed by atoms with E-state index < -0.39 is 39.5 Å². The lowest BCUT2D eigenvalue weighted by molar-refractivity contribution is -0.138. The third kappa shape index (κ3) is 4.92. The number of methoxy groups -OCH3 is 5. The summed E-state index contributed by atoms with van der Waals surface area (Å²) in [5, 5.41) is 11.0. The summed E-state index contributed by atoms with van der Waals surface area (Å²) in [6.45, 7) is -0.193. The Labute approximate surface area is 266 Å². The fourth-order valence-electron chi connectivity index (χ4n) is 6.07. The SMILES string of the molecule is COc1ccc(S(=O)(=O)N2C(=O)C(c3cnc(OC)nc3OC)(N3C[C@H](O)C[C@H]3C(=O)N(C)C)c3cc(OC)ccc32)c(OC)c1. The first-order valence-corrected chi connectivity index (χ1v) is 15.5. The Bertz CT molecular complexity index is 1790. The van der Waals surface area contributed by atoms with Gasteiger partial charge in [-0.05, 0) is 36.8 Å². The van der Waals surface area contributed by atoms with Gasteiger partial charge in [0.25, 0.3) is 15.9 Å². The van der Waals surface area contributed by atoms with Gasteiger partial charge in [0.1, 0.15) is 22.1 Å². The number of aliphatic hydroxyl groups excluding tert-OH is 1. The van der Waals surface area contributed by atoms with E-state index >= 15 is 4.79 Å².